The van der Waals surface area contributed by atoms with Gasteiger partial charge >= 0.3 is 6.03 Å². The maximum Gasteiger partial charge on any atom is 0.319 e. The fourth-order valence-electron chi connectivity index (χ4n) is 1.80. The Bertz CT molecular complexity index is 567. The minimum absolute atomic E-state index is 0.0729. The van der Waals surface area contributed by atoms with Crippen molar-refractivity contribution in [1.29, 1.82) is 0 Å². The van der Waals surface area contributed by atoms with Crippen LogP contribution in [0.15, 0.2) is 24.3 Å². The van der Waals surface area contributed by atoms with Gasteiger partial charge in [-0.2, -0.15) is 0 Å². The lowest BCUT2D eigenvalue weighted by molar-refractivity contribution is -0.122. The van der Waals surface area contributed by atoms with E-state index in [4.69, 9.17) is 0 Å². The fraction of sp³-hybridized carbons (Fsp3) is 0.400. The predicted octanol–water partition coefficient (Wildman–Crippen LogP) is 1.68. The minimum atomic E-state index is -0.610. The van der Waals surface area contributed by atoms with E-state index in [0.717, 1.165) is 12.8 Å². The first-order valence-corrected chi connectivity index (χ1v) is 6.94. The van der Waals surface area contributed by atoms with Crippen molar-refractivity contribution in [2.24, 2.45) is 0 Å². The van der Waals surface area contributed by atoms with Gasteiger partial charge in [-0.3, -0.25) is 9.59 Å². The third-order valence-electron chi connectivity index (χ3n) is 3.19. The summed E-state index contributed by atoms with van der Waals surface area (Å²) in [7, 11) is 0. The summed E-state index contributed by atoms with van der Waals surface area (Å²) in [5.41, 5.74) is 1.03. The predicted molar refractivity (Wildman–Crippen MR) is 79.2 cm³/mol. The molecule has 1 fully saturated rings. The lowest BCUT2D eigenvalue weighted by Gasteiger charge is -2.14. The number of hydrogen-bond acceptors (Lipinski definition) is 3. The van der Waals surface area contributed by atoms with Crippen molar-refractivity contribution in [2.75, 3.05) is 5.32 Å². The molecule has 3 N–H and O–H groups in total. The van der Waals surface area contributed by atoms with Gasteiger partial charge < -0.3 is 16.0 Å². The average Bonchev–Trinajstić information content (AvgIpc) is 3.22. The lowest BCUT2D eigenvalue weighted by Crippen LogP contribution is -2.46. The summed E-state index contributed by atoms with van der Waals surface area (Å²) >= 11 is 0. The van der Waals surface area contributed by atoms with Gasteiger partial charge in [0.2, 0.25) is 5.91 Å². The standard InChI is InChI=1S/C15H19N3O3/c1-9(14(20)17-12-6-7-12)16-15(21)18-13-5-3-4-11(8-13)10(2)19/h3-5,8-9,12H,6-7H2,1-2H3,(H,17,20)(H2,16,18,21). The van der Waals surface area contributed by atoms with Gasteiger partial charge in [0.05, 0.1) is 0 Å². The lowest BCUT2D eigenvalue weighted by atomic mass is 10.1. The van der Waals surface area contributed by atoms with Crippen molar-refractivity contribution in [3.8, 4) is 0 Å². The molecule has 1 aliphatic rings. The van der Waals surface area contributed by atoms with Crippen LogP contribution >= 0.6 is 0 Å². The van der Waals surface area contributed by atoms with E-state index >= 15 is 0 Å². The van der Waals surface area contributed by atoms with Gasteiger partial charge in [-0.25, -0.2) is 4.79 Å². The van der Waals surface area contributed by atoms with Crippen LogP contribution in [0.3, 0.4) is 0 Å². The fourth-order valence-corrected chi connectivity index (χ4v) is 1.80. The van der Waals surface area contributed by atoms with E-state index in [1.807, 2.05) is 0 Å². The highest BCUT2D eigenvalue weighted by molar-refractivity contribution is 5.97. The molecule has 0 heterocycles. The highest BCUT2D eigenvalue weighted by Crippen LogP contribution is 2.18. The maximum absolute atomic E-state index is 11.8. The van der Waals surface area contributed by atoms with Gasteiger partial charge in [0, 0.05) is 17.3 Å². The molecular weight excluding hydrogens is 270 g/mol. The van der Waals surface area contributed by atoms with Crippen LogP contribution in [-0.2, 0) is 4.79 Å². The molecule has 0 spiro atoms. The number of carbonyl (C=O) groups is 3. The van der Waals surface area contributed by atoms with Crippen molar-refractivity contribution >= 4 is 23.4 Å². The van der Waals surface area contributed by atoms with Crippen LogP contribution in [0.5, 0.6) is 0 Å². The summed E-state index contributed by atoms with van der Waals surface area (Å²) in [5, 5.41) is 7.99. The van der Waals surface area contributed by atoms with E-state index in [1.165, 1.54) is 6.92 Å². The molecule has 1 unspecified atom stereocenters. The number of rotatable bonds is 5. The Labute approximate surface area is 123 Å². The minimum Gasteiger partial charge on any atom is -0.352 e. The van der Waals surface area contributed by atoms with E-state index in [1.54, 1.807) is 31.2 Å². The summed E-state index contributed by atoms with van der Waals surface area (Å²) in [6, 6.07) is 5.82. The second-order valence-electron chi connectivity index (χ2n) is 5.24. The van der Waals surface area contributed by atoms with Gasteiger partial charge in [-0.1, -0.05) is 12.1 Å². The first-order chi connectivity index (χ1) is 9.95. The summed E-state index contributed by atoms with van der Waals surface area (Å²) in [4.78, 5) is 34.8. The van der Waals surface area contributed by atoms with E-state index in [9.17, 15) is 14.4 Å². The van der Waals surface area contributed by atoms with Crippen LogP contribution in [-0.4, -0.2) is 29.8 Å². The monoisotopic (exact) mass is 289 g/mol. The molecular formula is C15H19N3O3. The molecule has 112 valence electrons. The molecule has 2 rings (SSSR count). The zero-order valence-corrected chi connectivity index (χ0v) is 12.1. The molecule has 0 radical (unpaired) electrons. The topological polar surface area (TPSA) is 87.3 Å². The average molecular weight is 289 g/mol. The Morgan fingerprint density at radius 2 is 1.95 bits per heavy atom. The molecule has 1 aromatic rings. The third kappa shape index (κ3) is 4.59. The van der Waals surface area contributed by atoms with Gasteiger partial charge in [0.15, 0.2) is 5.78 Å². The third-order valence-corrected chi connectivity index (χ3v) is 3.19. The van der Waals surface area contributed by atoms with Gasteiger partial charge in [-0.05, 0) is 38.8 Å². The molecule has 1 aromatic carbocycles. The van der Waals surface area contributed by atoms with Gasteiger partial charge in [0.25, 0.3) is 0 Å². The first kappa shape index (κ1) is 15.0. The number of nitrogens with one attached hydrogen (secondary N) is 3. The summed E-state index contributed by atoms with van der Waals surface area (Å²) in [5.74, 6) is -0.263. The largest absolute Gasteiger partial charge is 0.352 e. The summed E-state index contributed by atoms with van der Waals surface area (Å²) in [6.45, 7) is 3.09. The van der Waals surface area contributed by atoms with Gasteiger partial charge in [-0.15, -0.1) is 0 Å². The molecule has 0 aromatic heterocycles. The number of benzene rings is 1. The molecule has 6 nitrogen and oxygen atoms in total. The normalized spacial score (nSPS) is 15.0. The van der Waals surface area contributed by atoms with Gasteiger partial charge in [0.1, 0.15) is 6.04 Å². The molecule has 6 heteroatoms. The van der Waals surface area contributed by atoms with Crippen LogP contribution < -0.4 is 16.0 Å². The quantitative estimate of drug-likeness (QED) is 0.721. The zero-order valence-electron chi connectivity index (χ0n) is 12.1. The molecule has 0 aliphatic heterocycles. The molecule has 0 bridgehead atoms. The molecule has 1 atom stereocenters. The van der Waals surface area contributed by atoms with Crippen LogP contribution in [0.2, 0.25) is 0 Å². The van der Waals surface area contributed by atoms with Crippen molar-refractivity contribution < 1.29 is 14.4 Å². The van der Waals surface area contributed by atoms with E-state index in [0.29, 0.717) is 11.3 Å². The number of hydrogen-bond donors (Lipinski definition) is 3. The summed E-state index contributed by atoms with van der Waals surface area (Å²) < 4.78 is 0. The van der Waals surface area contributed by atoms with Crippen LogP contribution in [0.25, 0.3) is 0 Å². The van der Waals surface area contributed by atoms with E-state index in [-0.39, 0.29) is 17.7 Å². The Morgan fingerprint density at radius 1 is 1.24 bits per heavy atom. The SMILES string of the molecule is CC(=O)c1cccc(NC(=O)NC(C)C(=O)NC2CC2)c1. The van der Waals surface area contributed by atoms with Crippen molar-refractivity contribution in [3.63, 3.8) is 0 Å². The summed E-state index contributed by atoms with van der Waals surface area (Å²) in [6.07, 6.45) is 2.00. The zero-order chi connectivity index (χ0) is 15.4. The second-order valence-corrected chi connectivity index (χ2v) is 5.24. The number of ketones is 1. The highest BCUT2D eigenvalue weighted by Gasteiger charge is 2.26. The number of carbonyl (C=O) groups excluding carboxylic acids is 3. The van der Waals surface area contributed by atoms with E-state index < -0.39 is 12.1 Å². The Kier molecular flexibility index (Phi) is 4.57. The Hall–Kier alpha value is -2.37. The van der Waals surface area contributed by atoms with Crippen LogP contribution in [0.1, 0.15) is 37.0 Å². The number of anilines is 1. The smallest absolute Gasteiger partial charge is 0.319 e. The Morgan fingerprint density at radius 3 is 2.57 bits per heavy atom. The van der Waals surface area contributed by atoms with Crippen molar-refractivity contribution in [3.05, 3.63) is 29.8 Å². The molecule has 1 saturated carbocycles. The van der Waals surface area contributed by atoms with Crippen LogP contribution in [0, 0.1) is 0 Å². The van der Waals surface area contributed by atoms with Crippen molar-refractivity contribution in [2.45, 2.75) is 38.8 Å². The van der Waals surface area contributed by atoms with E-state index in [2.05, 4.69) is 16.0 Å². The number of amides is 3. The highest BCUT2D eigenvalue weighted by atomic mass is 16.2. The van der Waals surface area contributed by atoms with Crippen LogP contribution in [0.4, 0.5) is 10.5 Å². The molecule has 3 amide bonds. The van der Waals surface area contributed by atoms with Crippen molar-refractivity contribution in [1.82, 2.24) is 10.6 Å². The maximum atomic E-state index is 11.8. The molecule has 1 aliphatic carbocycles. The molecule has 21 heavy (non-hydrogen) atoms. The Balaban J connectivity index is 1.87. The number of Topliss-reactive ketones (excluding diaryl/α,β-unsaturated/α-hetero) is 1. The second kappa shape index (κ2) is 6.39. The molecule has 0 saturated heterocycles. The number of urea groups is 1. The first-order valence-electron chi connectivity index (χ1n) is 6.94.